The van der Waals surface area contributed by atoms with E-state index in [1.165, 1.54) is 16.8 Å². The Bertz CT molecular complexity index is 1030. The fraction of sp³-hybridized carbons (Fsp3) is 0.407. The molecule has 1 atom stereocenters. The van der Waals surface area contributed by atoms with Crippen molar-refractivity contribution in [1.29, 1.82) is 0 Å². The first-order valence-corrected chi connectivity index (χ1v) is 11.9. The molecule has 3 aromatic rings. The number of carbonyl (C=O) groups is 1. The zero-order valence-corrected chi connectivity index (χ0v) is 19.7. The number of para-hydroxylation sites is 1. The number of hydrogen-bond acceptors (Lipinski definition) is 4. The van der Waals surface area contributed by atoms with E-state index in [1.54, 1.807) is 0 Å². The number of aromatic nitrogens is 2. The van der Waals surface area contributed by atoms with E-state index in [2.05, 4.69) is 60.5 Å². The summed E-state index contributed by atoms with van der Waals surface area (Å²) < 4.78 is 7.42. The zero-order valence-electron chi connectivity index (χ0n) is 19.7. The lowest BCUT2D eigenvalue weighted by Gasteiger charge is -2.17. The molecule has 1 aliphatic heterocycles. The first-order chi connectivity index (χ1) is 16.1. The molecule has 0 radical (unpaired) electrons. The van der Waals surface area contributed by atoms with Crippen molar-refractivity contribution < 1.29 is 9.53 Å². The van der Waals surface area contributed by atoms with Gasteiger partial charge in [0.1, 0.15) is 0 Å². The van der Waals surface area contributed by atoms with Crippen LogP contribution in [0.1, 0.15) is 41.8 Å². The molecule has 1 fully saturated rings. The summed E-state index contributed by atoms with van der Waals surface area (Å²) in [6.07, 6.45) is 3.55. The van der Waals surface area contributed by atoms with Crippen molar-refractivity contribution in [3.63, 3.8) is 0 Å². The third kappa shape index (κ3) is 6.23. The number of likely N-dealkylation sites (tertiary alicyclic amines) is 1. The van der Waals surface area contributed by atoms with E-state index in [0.29, 0.717) is 6.61 Å². The van der Waals surface area contributed by atoms with Gasteiger partial charge in [-0.05, 0) is 57.2 Å². The second-order valence-corrected chi connectivity index (χ2v) is 8.84. The molecule has 33 heavy (non-hydrogen) atoms. The van der Waals surface area contributed by atoms with Crippen molar-refractivity contribution in [3.05, 3.63) is 83.2 Å². The largest absolute Gasteiger partial charge is 0.450 e. The molecule has 6 heteroatoms. The lowest BCUT2D eigenvalue weighted by atomic mass is 10.1. The van der Waals surface area contributed by atoms with Gasteiger partial charge in [0, 0.05) is 36.9 Å². The average Bonchev–Trinajstić information content (AvgIpc) is 3.39. The highest BCUT2D eigenvalue weighted by atomic mass is 16.5. The summed E-state index contributed by atoms with van der Waals surface area (Å²) in [4.78, 5) is 14.6. The summed E-state index contributed by atoms with van der Waals surface area (Å²) >= 11 is 0. The van der Waals surface area contributed by atoms with E-state index >= 15 is 0 Å². The molecule has 1 N–H and O–H groups in total. The van der Waals surface area contributed by atoms with Crippen molar-refractivity contribution in [3.8, 4) is 5.69 Å². The Morgan fingerprint density at radius 2 is 1.79 bits per heavy atom. The minimum atomic E-state index is -0.300. The van der Waals surface area contributed by atoms with Crippen LogP contribution in [0.15, 0.2) is 60.7 Å². The van der Waals surface area contributed by atoms with E-state index in [4.69, 9.17) is 9.84 Å². The van der Waals surface area contributed by atoms with E-state index in [0.717, 1.165) is 56.7 Å². The molecular formula is C27H34N4O2. The molecule has 0 spiro atoms. The highest BCUT2D eigenvalue weighted by Crippen LogP contribution is 2.21. The number of hydrogen-bond donors (Lipinski definition) is 1. The maximum Gasteiger partial charge on any atom is 0.407 e. The topological polar surface area (TPSA) is 59.4 Å². The minimum absolute atomic E-state index is 0.131. The Morgan fingerprint density at radius 1 is 1.06 bits per heavy atom. The molecule has 1 unspecified atom stereocenters. The summed E-state index contributed by atoms with van der Waals surface area (Å²) in [5, 5.41) is 7.80. The predicted molar refractivity (Wildman–Crippen MR) is 131 cm³/mol. The highest BCUT2D eigenvalue weighted by Gasteiger charge is 2.26. The van der Waals surface area contributed by atoms with Crippen LogP contribution in [-0.2, 0) is 17.7 Å². The van der Waals surface area contributed by atoms with Gasteiger partial charge in [0.2, 0.25) is 0 Å². The summed E-state index contributed by atoms with van der Waals surface area (Å²) in [5.74, 6) is 0. The van der Waals surface area contributed by atoms with Crippen LogP contribution in [0.5, 0.6) is 0 Å². The Kier molecular flexibility index (Phi) is 7.79. The van der Waals surface area contributed by atoms with Crippen molar-refractivity contribution in [1.82, 2.24) is 20.0 Å². The van der Waals surface area contributed by atoms with E-state index < -0.39 is 0 Å². The molecule has 2 heterocycles. The van der Waals surface area contributed by atoms with Gasteiger partial charge in [-0.15, -0.1) is 0 Å². The number of amides is 1. The smallest absolute Gasteiger partial charge is 0.407 e. The Morgan fingerprint density at radius 3 is 2.55 bits per heavy atom. The van der Waals surface area contributed by atoms with E-state index in [9.17, 15) is 4.79 Å². The summed E-state index contributed by atoms with van der Waals surface area (Å²) in [6.45, 7) is 7.30. The second-order valence-electron chi connectivity index (χ2n) is 8.84. The molecule has 1 aliphatic rings. The van der Waals surface area contributed by atoms with Crippen LogP contribution >= 0.6 is 0 Å². The number of nitrogens with zero attached hydrogens (tertiary/aromatic N) is 3. The number of aryl methyl sites for hydroxylation is 2. The third-order valence-electron chi connectivity index (χ3n) is 6.35. The van der Waals surface area contributed by atoms with E-state index in [1.807, 2.05) is 28.9 Å². The molecule has 1 aromatic heterocycles. The Labute approximate surface area is 196 Å². The zero-order chi connectivity index (χ0) is 23.0. The summed E-state index contributed by atoms with van der Waals surface area (Å²) in [7, 11) is 0. The SMILES string of the molecule is Cc1nn(-c2ccccc2)c(C)c1CN1CCC(NC(=O)OCCCCc2ccccc2)C1. The predicted octanol–water partition coefficient (Wildman–Crippen LogP) is 4.81. The number of ether oxygens (including phenoxy) is 1. The molecule has 174 valence electrons. The average molecular weight is 447 g/mol. The van der Waals surface area contributed by atoms with Crippen LogP contribution in [0, 0.1) is 13.8 Å². The van der Waals surface area contributed by atoms with Gasteiger partial charge >= 0.3 is 6.09 Å². The van der Waals surface area contributed by atoms with Crippen molar-refractivity contribution in [2.45, 2.75) is 52.1 Å². The quantitative estimate of drug-likeness (QED) is 0.479. The monoisotopic (exact) mass is 446 g/mol. The van der Waals surface area contributed by atoms with Gasteiger partial charge in [-0.1, -0.05) is 48.5 Å². The summed E-state index contributed by atoms with van der Waals surface area (Å²) in [6, 6.07) is 20.8. The molecule has 6 nitrogen and oxygen atoms in total. The highest BCUT2D eigenvalue weighted by molar-refractivity contribution is 5.67. The van der Waals surface area contributed by atoms with Crippen LogP contribution < -0.4 is 5.32 Å². The fourth-order valence-electron chi connectivity index (χ4n) is 4.49. The summed E-state index contributed by atoms with van der Waals surface area (Å²) in [5.41, 5.74) is 5.90. The van der Waals surface area contributed by atoms with Gasteiger partial charge in [-0.25, -0.2) is 9.48 Å². The molecule has 0 bridgehead atoms. The van der Waals surface area contributed by atoms with Crippen molar-refractivity contribution in [2.75, 3.05) is 19.7 Å². The van der Waals surface area contributed by atoms with Gasteiger partial charge in [0.05, 0.1) is 18.0 Å². The second kappa shape index (κ2) is 11.1. The molecule has 4 rings (SSSR count). The first kappa shape index (κ1) is 23.1. The van der Waals surface area contributed by atoms with Crippen LogP contribution in [0.2, 0.25) is 0 Å². The molecule has 2 aromatic carbocycles. The standard InChI is InChI=1S/C27H34N4O2/c1-21-26(22(2)31(29-21)25-14-7-4-8-15-25)20-30-17-16-24(19-30)28-27(32)33-18-10-9-13-23-11-5-3-6-12-23/h3-8,11-12,14-15,24H,9-10,13,16-20H2,1-2H3,(H,28,32). The number of rotatable bonds is 9. The molecule has 1 saturated heterocycles. The fourth-order valence-corrected chi connectivity index (χ4v) is 4.49. The molecular weight excluding hydrogens is 412 g/mol. The van der Waals surface area contributed by atoms with Crippen molar-refractivity contribution in [2.24, 2.45) is 0 Å². The van der Waals surface area contributed by atoms with Gasteiger partial charge in [0.25, 0.3) is 0 Å². The van der Waals surface area contributed by atoms with E-state index in [-0.39, 0.29) is 12.1 Å². The molecule has 1 amide bonds. The van der Waals surface area contributed by atoms with Crippen LogP contribution in [0.3, 0.4) is 0 Å². The maximum absolute atomic E-state index is 12.2. The van der Waals surface area contributed by atoms with Crippen molar-refractivity contribution >= 4 is 6.09 Å². The molecule has 0 saturated carbocycles. The van der Waals surface area contributed by atoms with Crippen LogP contribution in [0.4, 0.5) is 4.79 Å². The Balaban J connectivity index is 1.19. The number of nitrogens with one attached hydrogen (secondary N) is 1. The maximum atomic E-state index is 12.2. The number of unbranched alkanes of at least 4 members (excludes halogenated alkanes) is 1. The van der Waals surface area contributed by atoms with Gasteiger partial charge < -0.3 is 10.1 Å². The van der Waals surface area contributed by atoms with Gasteiger partial charge in [-0.3, -0.25) is 4.90 Å². The van der Waals surface area contributed by atoms with Crippen LogP contribution in [0.25, 0.3) is 5.69 Å². The minimum Gasteiger partial charge on any atom is -0.450 e. The normalized spacial score (nSPS) is 16.1. The number of carbonyl (C=O) groups excluding carboxylic acids is 1. The van der Waals surface area contributed by atoms with Gasteiger partial charge in [-0.2, -0.15) is 5.10 Å². The lowest BCUT2D eigenvalue weighted by Crippen LogP contribution is -2.37. The van der Waals surface area contributed by atoms with Gasteiger partial charge in [0.15, 0.2) is 0 Å². The first-order valence-electron chi connectivity index (χ1n) is 11.9. The molecule has 0 aliphatic carbocycles. The van der Waals surface area contributed by atoms with Crippen LogP contribution in [-0.4, -0.2) is 46.5 Å². The third-order valence-corrected chi connectivity index (χ3v) is 6.35. The lowest BCUT2D eigenvalue weighted by molar-refractivity contribution is 0.140. The number of alkyl carbamates (subject to hydrolysis) is 1. The number of benzene rings is 2. The Hall–Kier alpha value is -3.12.